The molecule has 0 spiro atoms. The molecule has 0 amide bonds. The highest BCUT2D eigenvalue weighted by Crippen LogP contribution is 2.13. The van der Waals surface area contributed by atoms with E-state index in [4.69, 9.17) is 5.84 Å². The molecule has 2 rings (SSSR count). The minimum atomic E-state index is -0.573. The summed E-state index contributed by atoms with van der Waals surface area (Å²) < 4.78 is 15.1. The molecule has 3 N–H and O–H groups in total. The van der Waals surface area contributed by atoms with Gasteiger partial charge in [-0.25, -0.2) is 20.2 Å². The van der Waals surface area contributed by atoms with E-state index in [1.807, 2.05) is 13.8 Å². The summed E-state index contributed by atoms with van der Waals surface area (Å²) in [5.41, 5.74) is 2.27. The summed E-state index contributed by atoms with van der Waals surface area (Å²) in [6.45, 7) is 3.85. The third kappa shape index (κ3) is 2.14. The van der Waals surface area contributed by atoms with Crippen LogP contribution in [0.2, 0.25) is 0 Å². The van der Waals surface area contributed by atoms with Crippen LogP contribution in [0.15, 0.2) is 6.20 Å². The van der Waals surface area contributed by atoms with Gasteiger partial charge in [-0.1, -0.05) is 13.8 Å². The van der Waals surface area contributed by atoms with Gasteiger partial charge in [0, 0.05) is 12.8 Å². The van der Waals surface area contributed by atoms with E-state index < -0.39 is 5.82 Å². The maximum Gasteiger partial charge on any atom is 0.239 e. The van der Waals surface area contributed by atoms with Crippen molar-refractivity contribution in [1.29, 1.82) is 0 Å². The Hall–Kier alpha value is -2.09. The molecule has 7 nitrogen and oxygen atoms in total. The second-order valence-electron chi connectivity index (χ2n) is 3.57. The molecule has 8 heteroatoms. The topological polar surface area (TPSA) is 94.5 Å². The lowest BCUT2D eigenvalue weighted by atomic mass is 10.4. The Kier molecular flexibility index (Phi) is 3.47. The first-order valence-corrected chi connectivity index (χ1v) is 5.63. The number of nitrogen functional groups attached to an aromatic ring is 1. The number of nitrogens with zero attached hydrogens (tertiary/aromatic N) is 5. The Balaban J connectivity index is 2.56. The van der Waals surface area contributed by atoms with Crippen LogP contribution < -0.4 is 11.3 Å². The predicted octanol–water partition coefficient (Wildman–Crippen LogP) is 0.607. The smallest absolute Gasteiger partial charge is 0.239 e. The zero-order chi connectivity index (χ0) is 13.1. The molecule has 0 fully saturated rings. The number of hydrogen-bond donors (Lipinski definition) is 2. The van der Waals surface area contributed by atoms with E-state index in [1.165, 1.54) is 4.68 Å². The van der Waals surface area contributed by atoms with Gasteiger partial charge in [0.15, 0.2) is 17.5 Å². The molecule has 0 unspecified atom stereocenters. The van der Waals surface area contributed by atoms with Gasteiger partial charge in [-0.3, -0.25) is 5.43 Å². The van der Waals surface area contributed by atoms with Gasteiger partial charge in [0.05, 0.1) is 6.20 Å². The van der Waals surface area contributed by atoms with Crippen molar-refractivity contribution in [3.63, 3.8) is 0 Å². The average Bonchev–Trinajstić information content (AvgIpc) is 2.82. The number of hydrazine groups is 1. The van der Waals surface area contributed by atoms with E-state index in [-0.39, 0.29) is 11.8 Å². The number of rotatable bonds is 4. The summed E-state index contributed by atoms with van der Waals surface area (Å²) in [7, 11) is 0. The first kappa shape index (κ1) is 12.4. The van der Waals surface area contributed by atoms with Crippen LogP contribution in [0.5, 0.6) is 0 Å². The summed E-state index contributed by atoms with van der Waals surface area (Å²) in [5, 5.41) is 4.21. The fourth-order valence-electron chi connectivity index (χ4n) is 1.52. The SMILES string of the molecule is CCc1nc(CC)n(-c2nc(NN)ncc2F)n1. The highest BCUT2D eigenvalue weighted by molar-refractivity contribution is 5.32. The van der Waals surface area contributed by atoms with E-state index in [9.17, 15) is 4.39 Å². The molecule has 18 heavy (non-hydrogen) atoms. The van der Waals surface area contributed by atoms with Gasteiger partial charge in [-0.15, -0.1) is 5.10 Å². The first-order chi connectivity index (χ1) is 8.69. The monoisotopic (exact) mass is 251 g/mol. The lowest BCUT2D eigenvalue weighted by Gasteiger charge is -2.06. The van der Waals surface area contributed by atoms with Crippen molar-refractivity contribution in [3.05, 3.63) is 23.7 Å². The highest BCUT2D eigenvalue weighted by Gasteiger charge is 2.15. The number of halogens is 1. The summed E-state index contributed by atoms with van der Waals surface area (Å²) in [4.78, 5) is 11.9. The van der Waals surface area contributed by atoms with Crippen LogP contribution in [0.1, 0.15) is 25.5 Å². The Labute approximate surface area is 103 Å². The number of aromatic nitrogens is 5. The molecular weight excluding hydrogens is 237 g/mol. The fraction of sp³-hybridized carbons (Fsp3) is 0.400. The minimum absolute atomic E-state index is 0.0435. The molecule has 0 aliphatic rings. The molecule has 0 atom stereocenters. The van der Waals surface area contributed by atoms with Crippen molar-refractivity contribution in [2.75, 3.05) is 5.43 Å². The largest absolute Gasteiger partial charge is 0.292 e. The Morgan fingerprint density at radius 1 is 1.33 bits per heavy atom. The third-order valence-corrected chi connectivity index (χ3v) is 2.41. The molecular formula is C10H14FN7. The summed E-state index contributed by atoms with van der Waals surface area (Å²) in [5.74, 6) is 6.09. The van der Waals surface area contributed by atoms with E-state index >= 15 is 0 Å². The molecule has 0 radical (unpaired) electrons. The molecule has 2 aromatic heterocycles. The Bertz CT molecular complexity index is 551. The molecule has 0 bridgehead atoms. The van der Waals surface area contributed by atoms with Crippen LogP contribution in [0.3, 0.4) is 0 Å². The highest BCUT2D eigenvalue weighted by atomic mass is 19.1. The van der Waals surface area contributed by atoms with Crippen molar-refractivity contribution in [2.24, 2.45) is 5.84 Å². The number of aryl methyl sites for hydroxylation is 2. The van der Waals surface area contributed by atoms with Crippen molar-refractivity contribution in [1.82, 2.24) is 24.7 Å². The summed E-state index contributed by atoms with van der Waals surface area (Å²) in [6, 6.07) is 0. The van der Waals surface area contributed by atoms with Gasteiger partial charge in [0.1, 0.15) is 5.82 Å². The van der Waals surface area contributed by atoms with Crippen molar-refractivity contribution >= 4 is 5.95 Å². The number of nitrogens with one attached hydrogen (secondary N) is 1. The molecule has 0 aromatic carbocycles. The zero-order valence-corrected chi connectivity index (χ0v) is 10.2. The lowest BCUT2D eigenvalue weighted by Crippen LogP contribution is -2.14. The second kappa shape index (κ2) is 5.05. The van der Waals surface area contributed by atoms with Crippen LogP contribution in [0, 0.1) is 5.82 Å². The predicted molar refractivity (Wildman–Crippen MR) is 63.5 cm³/mol. The van der Waals surface area contributed by atoms with Crippen molar-refractivity contribution in [2.45, 2.75) is 26.7 Å². The van der Waals surface area contributed by atoms with Crippen molar-refractivity contribution < 1.29 is 4.39 Å². The Morgan fingerprint density at radius 3 is 2.72 bits per heavy atom. The summed E-state index contributed by atoms with van der Waals surface area (Å²) >= 11 is 0. The first-order valence-electron chi connectivity index (χ1n) is 5.63. The average molecular weight is 251 g/mol. The van der Waals surface area contributed by atoms with E-state index in [0.717, 1.165) is 6.20 Å². The molecule has 96 valence electrons. The van der Waals surface area contributed by atoms with E-state index in [1.54, 1.807) is 0 Å². The number of hydrogen-bond acceptors (Lipinski definition) is 6. The van der Waals surface area contributed by atoms with Crippen molar-refractivity contribution in [3.8, 4) is 5.82 Å². The minimum Gasteiger partial charge on any atom is -0.292 e. The quantitative estimate of drug-likeness (QED) is 0.610. The molecule has 0 saturated heterocycles. The van der Waals surface area contributed by atoms with Gasteiger partial charge in [-0.05, 0) is 0 Å². The van der Waals surface area contributed by atoms with Gasteiger partial charge in [-0.2, -0.15) is 9.67 Å². The molecule has 0 saturated carbocycles. The van der Waals surface area contributed by atoms with Crippen LogP contribution >= 0.6 is 0 Å². The third-order valence-electron chi connectivity index (χ3n) is 2.41. The van der Waals surface area contributed by atoms with Crippen LogP contribution in [-0.2, 0) is 12.8 Å². The normalized spacial score (nSPS) is 10.7. The zero-order valence-electron chi connectivity index (χ0n) is 10.2. The van der Waals surface area contributed by atoms with E-state index in [0.29, 0.717) is 24.5 Å². The molecule has 0 aliphatic carbocycles. The fourth-order valence-corrected chi connectivity index (χ4v) is 1.52. The van der Waals surface area contributed by atoms with Crippen LogP contribution in [-0.4, -0.2) is 24.7 Å². The maximum atomic E-state index is 13.7. The second-order valence-corrected chi connectivity index (χ2v) is 3.57. The number of nitrogens with two attached hydrogens (primary N) is 1. The van der Waals surface area contributed by atoms with Gasteiger partial charge in [0.2, 0.25) is 5.95 Å². The van der Waals surface area contributed by atoms with Crippen LogP contribution in [0.4, 0.5) is 10.3 Å². The maximum absolute atomic E-state index is 13.7. The number of anilines is 1. The standard InChI is InChI=1S/C10H14FN7/c1-3-7-14-8(4-2)18(17-7)9-6(11)5-13-10(15-9)16-12/h5H,3-4,12H2,1-2H3,(H,13,15,16). The molecule has 2 aromatic rings. The molecule has 2 heterocycles. The van der Waals surface area contributed by atoms with Gasteiger partial charge >= 0.3 is 0 Å². The van der Waals surface area contributed by atoms with Crippen LogP contribution in [0.25, 0.3) is 5.82 Å². The Morgan fingerprint density at radius 2 is 2.11 bits per heavy atom. The van der Waals surface area contributed by atoms with E-state index in [2.05, 4.69) is 25.5 Å². The van der Waals surface area contributed by atoms with Gasteiger partial charge in [0.25, 0.3) is 0 Å². The summed E-state index contributed by atoms with van der Waals surface area (Å²) in [6.07, 6.45) is 2.35. The lowest BCUT2D eigenvalue weighted by molar-refractivity contribution is 0.587. The molecule has 0 aliphatic heterocycles. The van der Waals surface area contributed by atoms with Gasteiger partial charge < -0.3 is 0 Å².